The normalized spacial score (nSPS) is 11.6. The van der Waals surface area contributed by atoms with E-state index in [1.54, 1.807) is 45.2 Å². The van der Waals surface area contributed by atoms with Crippen molar-refractivity contribution in [3.05, 3.63) is 53.3 Å². The van der Waals surface area contributed by atoms with Gasteiger partial charge in [-0.05, 0) is 49.2 Å². The Balaban J connectivity index is 2.10. The van der Waals surface area contributed by atoms with Crippen LogP contribution in [-0.4, -0.2) is 40.0 Å². The number of methoxy groups -OCH3 is 1. The molecular formula is C18H22FNO4S. The lowest BCUT2D eigenvalue weighted by Gasteiger charge is -2.19. The predicted molar refractivity (Wildman–Crippen MR) is 94.2 cm³/mol. The van der Waals surface area contributed by atoms with E-state index in [9.17, 15) is 12.8 Å². The van der Waals surface area contributed by atoms with Crippen molar-refractivity contribution in [3.8, 4) is 11.5 Å². The summed E-state index contributed by atoms with van der Waals surface area (Å²) in [6, 6.07) is 9.17. The van der Waals surface area contributed by atoms with Crippen LogP contribution in [0.1, 0.15) is 11.1 Å². The van der Waals surface area contributed by atoms with E-state index in [4.69, 9.17) is 9.47 Å². The van der Waals surface area contributed by atoms with Crippen LogP contribution in [0.2, 0.25) is 0 Å². The molecule has 136 valence electrons. The lowest BCUT2D eigenvalue weighted by Crippen LogP contribution is -2.31. The maximum atomic E-state index is 13.5. The maximum Gasteiger partial charge on any atom is 0.242 e. The van der Waals surface area contributed by atoms with Crippen molar-refractivity contribution in [1.82, 2.24) is 4.31 Å². The molecule has 2 aromatic rings. The molecule has 0 bridgehead atoms. The summed E-state index contributed by atoms with van der Waals surface area (Å²) in [7, 11) is -0.651. The van der Waals surface area contributed by atoms with Crippen molar-refractivity contribution >= 4 is 10.0 Å². The third-order valence-electron chi connectivity index (χ3n) is 3.85. The summed E-state index contributed by atoms with van der Waals surface area (Å²) < 4.78 is 50.7. The summed E-state index contributed by atoms with van der Waals surface area (Å²) >= 11 is 0. The van der Waals surface area contributed by atoms with Crippen LogP contribution in [0.15, 0.2) is 41.3 Å². The molecule has 2 aromatic carbocycles. The molecule has 0 aliphatic carbocycles. The second-order valence-corrected chi connectivity index (χ2v) is 7.74. The van der Waals surface area contributed by atoms with E-state index in [0.29, 0.717) is 5.75 Å². The van der Waals surface area contributed by atoms with Gasteiger partial charge in [0.05, 0.1) is 12.0 Å². The third kappa shape index (κ3) is 4.29. The molecule has 0 saturated carbocycles. The highest BCUT2D eigenvalue weighted by atomic mass is 32.2. The zero-order valence-corrected chi connectivity index (χ0v) is 15.6. The molecule has 0 radical (unpaired) electrons. The Morgan fingerprint density at radius 1 is 1.12 bits per heavy atom. The fraction of sp³-hybridized carbons (Fsp3) is 0.333. The highest BCUT2D eigenvalue weighted by molar-refractivity contribution is 7.89. The van der Waals surface area contributed by atoms with Gasteiger partial charge in [0, 0.05) is 13.6 Å². The second-order valence-electron chi connectivity index (χ2n) is 5.70. The number of nitrogens with zero attached hydrogens (tertiary/aromatic N) is 1. The molecular weight excluding hydrogens is 345 g/mol. The minimum atomic E-state index is -3.67. The molecule has 0 heterocycles. The van der Waals surface area contributed by atoms with Crippen molar-refractivity contribution in [2.24, 2.45) is 0 Å². The molecule has 0 unspecified atom stereocenters. The number of hydrogen-bond acceptors (Lipinski definition) is 4. The molecule has 0 aromatic heterocycles. The summed E-state index contributed by atoms with van der Waals surface area (Å²) in [6.07, 6.45) is 0. The van der Waals surface area contributed by atoms with Crippen molar-refractivity contribution in [3.63, 3.8) is 0 Å². The average molecular weight is 367 g/mol. The van der Waals surface area contributed by atoms with E-state index in [-0.39, 0.29) is 23.8 Å². The number of hydrogen-bond donors (Lipinski definition) is 0. The highest BCUT2D eigenvalue weighted by Crippen LogP contribution is 2.27. The van der Waals surface area contributed by atoms with Crippen molar-refractivity contribution < 1.29 is 22.3 Å². The lowest BCUT2D eigenvalue weighted by molar-refractivity contribution is 0.275. The third-order valence-corrected chi connectivity index (χ3v) is 5.68. The molecule has 7 heteroatoms. The SMILES string of the molecule is COc1c(C)cc(S(=O)(=O)N(C)CCOc2ccccc2F)cc1C. The Labute approximate surface area is 148 Å². The summed E-state index contributed by atoms with van der Waals surface area (Å²) in [4.78, 5) is 0.191. The predicted octanol–water partition coefficient (Wildman–Crippen LogP) is 3.15. The smallest absolute Gasteiger partial charge is 0.242 e. The number of benzene rings is 2. The van der Waals surface area contributed by atoms with Crippen molar-refractivity contribution in [2.75, 3.05) is 27.3 Å². The van der Waals surface area contributed by atoms with E-state index in [2.05, 4.69) is 0 Å². The van der Waals surface area contributed by atoms with Gasteiger partial charge >= 0.3 is 0 Å². The van der Waals surface area contributed by atoms with Crippen molar-refractivity contribution in [2.45, 2.75) is 18.7 Å². The van der Waals surface area contributed by atoms with Crippen LogP contribution in [-0.2, 0) is 10.0 Å². The number of ether oxygens (including phenoxy) is 2. The zero-order valence-electron chi connectivity index (χ0n) is 14.7. The van der Waals surface area contributed by atoms with Crippen LogP contribution in [0, 0.1) is 19.7 Å². The molecule has 2 rings (SSSR count). The van der Waals surface area contributed by atoms with E-state index in [0.717, 1.165) is 11.1 Å². The van der Waals surface area contributed by atoms with Gasteiger partial charge in [0.1, 0.15) is 12.4 Å². The Bertz CT molecular complexity index is 829. The topological polar surface area (TPSA) is 55.8 Å². The number of halogens is 1. The fourth-order valence-electron chi connectivity index (χ4n) is 2.53. The van der Waals surface area contributed by atoms with Gasteiger partial charge in [0.25, 0.3) is 0 Å². The Morgan fingerprint density at radius 2 is 1.72 bits per heavy atom. The number of para-hydroxylation sites is 1. The zero-order chi connectivity index (χ0) is 18.6. The standard InChI is InChI=1S/C18H22FNO4S/c1-13-11-15(12-14(2)18(13)23-4)25(21,22)20(3)9-10-24-17-8-6-5-7-16(17)19/h5-8,11-12H,9-10H2,1-4H3. The largest absolute Gasteiger partial charge is 0.496 e. The van der Waals surface area contributed by atoms with E-state index < -0.39 is 15.8 Å². The Kier molecular flexibility index (Phi) is 6.02. The van der Waals surface area contributed by atoms with Crippen LogP contribution in [0.4, 0.5) is 4.39 Å². The number of likely N-dealkylation sites (N-methyl/N-ethyl adjacent to an activating group) is 1. The second kappa shape index (κ2) is 7.84. The van der Waals surface area contributed by atoms with Gasteiger partial charge in [-0.3, -0.25) is 0 Å². The molecule has 0 atom stereocenters. The van der Waals surface area contributed by atoms with Gasteiger partial charge in [-0.15, -0.1) is 0 Å². The first-order valence-corrected chi connectivity index (χ1v) is 9.20. The summed E-state index contributed by atoms with van der Waals surface area (Å²) in [6.45, 7) is 3.74. The number of sulfonamides is 1. The molecule has 0 amide bonds. The highest BCUT2D eigenvalue weighted by Gasteiger charge is 2.22. The molecule has 0 fully saturated rings. The van der Waals surface area contributed by atoms with Gasteiger partial charge < -0.3 is 9.47 Å². The van der Waals surface area contributed by atoms with Gasteiger partial charge in [-0.1, -0.05) is 12.1 Å². The molecule has 0 aliphatic heterocycles. The molecule has 0 N–H and O–H groups in total. The minimum Gasteiger partial charge on any atom is -0.496 e. The molecule has 25 heavy (non-hydrogen) atoms. The molecule has 0 saturated heterocycles. The van der Waals surface area contributed by atoms with Crippen LogP contribution in [0.5, 0.6) is 11.5 Å². The van der Waals surface area contributed by atoms with Crippen molar-refractivity contribution in [1.29, 1.82) is 0 Å². The monoisotopic (exact) mass is 367 g/mol. The van der Waals surface area contributed by atoms with Gasteiger partial charge in [-0.2, -0.15) is 4.31 Å². The van der Waals surface area contributed by atoms with Gasteiger partial charge in [-0.25, -0.2) is 12.8 Å². The Morgan fingerprint density at radius 3 is 2.28 bits per heavy atom. The minimum absolute atomic E-state index is 0.0464. The number of rotatable bonds is 7. The summed E-state index contributed by atoms with van der Waals surface area (Å²) in [5.41, 5.74) is 1.49. The quantitative estimate of drug-likeness (QED) is 0.754. The molecule has 5 nitrogen and oxygen atoms in total. The van der Waals surface area contributed by atoms with Gasteiger partial charge in [0.2, 0.25) is 10.0 Å². The summed E-state index contributed by atoms with van der Waals surface area (Å²) in [5.74, 6) is 0.295. The van der Waals surface area contributed by atoms with Crippen LogP contribution in [0.3, 0.4) is 0 Å². The fourth-order valence-corrected chi connectivity index (χ4v) is 3.85. The lowest BCUT2D eigenvalue weighted by atomic mass is 10.1. The Hall–Kier alpha value is -2.12. The first-order valence-electron chi connectivity index (χ1n) is 7.76. The van der Waals surface area contributed by atoms with Crippen LogP contribution >= 0.6 is 0 Å². The van der Waals surface area contributed by atoms with Gasteiger partial charge in [0.15, 0.2) is 11.6 Å². The van der Waals surface area contributed by atoms with Crippen LogP contribution < -0.4 is 9.47 Å². The average Bonchev–Trinajstić information content (AvgIpc) is 2.56. The first kappa shape index (κ1) is 19.2. The van der Waals surface area contributed by atoms with E-state index >= 15 is 0 Å². The molecule has 0 spiro atoms. The van der Waals surface area contributed by atoms with Crippen LogP contribution in [0.25, 0.3) is 0 Å². The number of aryl methyl sites for hydroxylation is 2. The molecule has 0 aliphatic rings. The maximum absolute atomic E-state index is 13.5. The van der Waals surface area contributed by atoms with E-state index in [1.807, 2.05) is 0 Å². The first-order chi connectivity index (χ1) is 11.8. The summed E-state index contributed by atoms with van der Waals surface area (Å²) in [5, 5.41) is 0. The van der Waals surface area contributed by atoms with E-state index in [1.165, 1.54) is 23.5 Å².